The average Bonchev–Trinajstić information content (AvgIpc) is 2.45. The second-order valence-corrected chi connectivity index (χ2v) is 5.14. The van der Waals surface area contributed by atoms with Crippen LogP contribution in [0.5, 0.6) is 0 Å². The topological polar surface area (TPSA) is 66.8 Å². The Hall–Kier alpha value is -2.04. The second-order valence-electron chi connectivity index (χ2n) is 5.14. The Morgan fingerprint density at radius 3 is 2.70 bits per heavy atom. The summed E-state index contributed by atoms with van der Waals surface area (Å²) in [6, 6.07) is 8.56. The highest BCUT2D eigenvalue weighted by molar-refractivity contribution is 5.80. The van der Waals surface area contributed by atoms with Crippen molar-refractivity contribution in [3.05, 3.63) is 35.9 Å². The predicted molar refractivity (Wildman–Crippen MR) is 73.2 cm³/mol. The van der Waals surface area contributed by atoms with Crippen LogP contribution in [0, 0.1) is 5.92 Å². The molecular formula is C15H19NO4. The highest BCUT2D eigenvalue weighted by Crippen LogP contribution is 2.24. The standard InChI is InChI=1S/C15H19NO4/c1-11-6-5-9-16(13(11)14(17)18)15(19)20-10-12-7-3-2-4-8-12/h2-4,7-8,11,13H,5-6,9-10H2,1H3,(H,17,18)/t11-,13-/m1/s1. The molecule has 5 nitrogen and oxygen atoms in total. The van der Waals surface area contributed by atoms with Crippen molar-refractivity contribution in [1.29, 1.82) is 0 Å². The van der Waals surface area contributed by atoms with E-state index in [9.17, 15) is 14.7 Å². The second kappa shape index (κ2) is 6.41. The maximum atomic E-state index is 12.1. The van der Waals surface area contributed by atoms with E-state index in [1.165, 1.54) is 4.90 Å². The van der Waals surface area contributed by atoms with E-state index in [0.29, 0.717) is 6.54 Å². The summed E-state index contributed by atoms with van der Waals surface area (Å²) in [5.41, 5.74) is 0.887. The molecule has 1 heterocycles. The minimum absolute atomic E-state index is 0.0504. The van der Waals surface area contributed by atoms with Gasteiger partial charge in [-0.2, -0.15) is 0 Å². The summed E-state index contributed by atoms with van der Waals surface area (Å²) in [7, 11) is 0. The third-order valence-electron chi connectivity index (χ3n) is 3.63. The Bertz CT molecular complexity index is 474. The number of aliphatic carboxylic acids is 1. The summed E-state index contributed by atoms with van der Waals surface area (Å²) in [6.07, 6.45) is 1.08. The first kappa shape index (κ1) is 14.4. The zero-order valence-corrected chi connectivity index (χ0v) is 11.5. The van der Waals surface area contributed by atoms with Gasteiger partial charge in [0.25, 0.3) is 0 Å². The van der Waals surface area contributed by atoms with Gasteiger partial charge < -0.3 is 9.84 Å². The number of carboxylic acid groups (broad SMARTS) is 1. The summed E-state index contributed by atoms with van der Waals surface area (Å²) >= 11 is 0. The maximum Gasteiger partial charge on any atom is 0.410 e. The van der Waals surface area contributed by atoms with Crippen LogP contribution in [0.25, 0.3) is 0 Å². The summed E-state index contributed by atoms with van der Waals surface area (Å²) < 4.78 is 5.22. The van der Waals surface area contributed by atoms with Crippen LogP contribution < -0.4 is 0 Å². The molecule has 0 aliphatic carbocycles. The number of hydrogen-bond donors (Lipinski definition) is 1. The molecule has 20 heavy (non-hydrogen) atoms. The fourth-order valence-corrected chi connectivity index (χ4v) is 2.57. The molecule has 108 valence electrons. The first-order valence-corrected chi connectivity index (χ1v) is 6.79. The summed E-state index contributed by atoms with van der Waals surface area (Å²) in [4.78, 5) is 24.7. The summed E-state index contributed by atoms with van der Waals surface area (Å²) in [5.74, 6) is -1.01. The lowest BCUT2D eigenvalue weighted by atomic mass is 9.91. The van der Waals surface area contributed by atoms with Gasteiger partial charge in [0.1, 0.15) is 12.6 Å². The minimum Gasteiger partial charge on any atom is -0.480 e. The van der Waals surface area contributed by atoms with Crippen molar-refractivity contribution in [2.75, 3.05) is 6.54 Å². The molecule has 1 saturated heterocycles. The number of carboxylic acids is 1. The molecular weight excluding hydrogens is 258 g/mol. The van der Waals surface area contributed by atoms with E-state index in [1.54, 1.807) is 0 Å². The van der Waals surface area contributed by atoms with Crippen LogP contribution in [0.15, 0.2) is 30.3 Å². The van der Waals surface area contributed by atoms with Crippen molar-refractivity contribution in [3.8, 4) is 0 Å². The molecule has 1 aliphatic heterocycles. The molecule has 1 aliphatic rings. The molecule has 2 atom stereocenters. The molecule has 0 unspecified atom stereocenters. The normalized spacial score (nSPS) is 22.4. The number of nitrogens with zero attached hydrogens (tertiary/aromatic N) is 1. The van der Waals surface area contributed by atoms with Crippen LogP contribution in [0.3, 0.4) is 0 Å². The SMILES string of the molecule is C[C@@H]1CCCN(C(=O)OCc2ccccc2)[C@H]1C(=O)O. The van der Waals surface area contributed by atoms with E-state index in [1.807, 2.05) is 37.3 Å². The third-order valence-corrected chi connectivity index (χ3v) is 3.63. The number of likely N-dealkylation sites (tertiary alicyclic amines) is 1. The number of ether oxygens (including phenoxy) is 1. The molecule has 0 aromatic heterocycles. The molecule has 2 rings (SSSR count). The lowest BCUT2D eigenvalue weighted by Gasteiger charge is -2.36. The number of hydrogen-bond acceptors (Lipinski definition) is 3. The van der Waals surface area contributed by atoms with E-state index in [2.05, 4.69) is 0 Å². The number of piperidine rings is 1. The van der Waals surface area contributed by atoms with E-state index < -0.39 is 18.1 Å². The monoisotopic (exact) mass is 277 g/mol. The van der Waals surface area contributed by atoms with Crippen LogP contribution in [-0.2, 0) is 16.1 Å². The first-order chi connectivity index (χ1) is 9.59. The Morgan fingerprint density at radius 2 is 2.05 bits per heavy atom. The van der Waals surface area contributed by atoms with Crippen molar-refractivity contribution < 1.29 is 19.4 Å². The van der Waals surface area contributed by atoms with Gasteiger partial charge in [0, 0.05) is 6.54 Å². The molecule has 0 bridgehead atoms. The lowest BCUT2D eigenvalue weighted by Crippen LogP contribution is -2.52. The third kappa shape index (κ3) is 3.29. The first-order valence-electron chi connectivity index (χ1n) is 6.79. The lowest BCUT2D eigenvalue weighted by molar-refractivity contribution is -0.146. The molecule has 1 fully saturated rings. The zero-order chi connectivity index (χ0) is 14.5. The van der Waals surface area contributed by atoms with Crippen molar-refractivity contribution in [2.24, 2.45) is 5.92 Å². The zero-order valence-electron chi connectivity index (χ0n) is 11.5. The van der Waals surface area contributed by atoms with Crippen molar-refractivity contribution in [2.45, 2.75) is 32.4 Å². The number of benzene rings is 1. The average molecular weight is 277 g/mol. The van der Waals surface area contributed by atoms with Crippen LogP contribution >= 0.6 is 0 Å². The van der Waals surface area contributed by atoms with Gasteiger partial charge in [0.05, 0.1) is 0 Å². The van der Waals surface area contributed by atoms with Gasteiger partial charge in [0.15, 0.2) is 0 Å². The van der Waals surface area contributed by atoms with Crippen molar-refractivity contribution >= 4 is 12.1 Å². The smallest absolute Gasteiger partial charge is 0.410 e. The number of amides is 1. The van der Waals surface area contributed by atoms with Gasteiger partial charge in [-0.25, -0.2) is 9.59 Å². The highest BCUT2D eigenvalue weighted by Gasteiger charge is 2.37. The Labute approximate surface area is 118 Å². The molecule has 0 radical (unpaired) electrons. The van der Waals surface area contributed by atoms with Crippen LogP contribution in [0.2, 0.25) is 0 Å². The van der Waals surface area contributed by atoms with Crippen LogP contribution in [0.4, 0.5) is 4.79 Å². The molecule has 0 saturated carbocycles. The van der Waals surface area contributed by atoms with Gasteiger partial charge in [-0.3, -0.25) is 4.90 Å². The van der Waals surface area contributed by atoms with E-state index in [-0.39, 0.29) is 12.5 Å². The number of carbonyl (C=O) groups excluding carboxylic acids is 1. The predicted octanol–water partition coefficient (Wildman–Crippen LogP) is 2.51. The molecule has 1 amide bonds. The molecule has 0 spiro atoms. The van der Waals surface area contributed by atoms with E-state index in [4.69, 9.17) is 4.74 Å². The van der Waals surface area contributed by atoms with Crippen LogP contribution in [-0.4, -0.2) is 34.7 Å². The van der Waals surface area contributed by atoms with Gasteiger partial charge in [-0.15, -0.1) is 0 Å². The highest BCUT2D eigenvalue weighted by atomic mass is 16.6. The molecule has 1 N–H and O–H groups in total. The maximum absolute atomic E-state index is 12.1. The van der Waals surface area contributed by atoms with E-state index in [0.717, 1.165) is 18.4 Å². The Morgan fingerprint density at radius 1 is 1.35 bits per heavy atom. The van der Waals surface area contributed by atoms with E-state index >= 15 is 0 Å². The quantitative estimate of drug-likeness (QED) is 0.921. The Kier molecular flexibility index (Phi) is 4.61. The molecule has 1 aromatic carbocycles. The van der Waals surface area contributed by atoms with Crippen molar-refractivity contribution in [1.82, 2.24) is 4.90 Å². The molecule has 1 aromatic rings. The van der Waals surface area contributed by atoms with Crippen LogP contribution in [0.1, 0.15) is 25.3 Å². The molecule has 5 heteroatoms. The summed E-state index contributed by atoms with van der Waals surface area (Å²) in [5, 5.41) is 9.26. The fraction of sp³-hybridized carbons (Fsp3) is 0.467. The van der Waals surface area contributed by atoms with Gasteiger partial charge in [-0.05, 0) is 24.3 Å². The summed E-state index contributed by atoms with van der Waals surface area (Å²) in [6.45, 7) is 2.46. The fourth-order valence-electron chi connectivity index (χ4n) is 2.57. The van der Waals surface area contributed by atoms with Gasteiger partial charge in [-0.1, -0.05) is 37.3 Å². The number of rotatable bonds is 3. The largest absolute Gasteiger partial charge is 0.480 e. The van der Waals surface area contributed by atoms with Crippen molar-refractivity contribution in [3.63, 3.8) is 0 Å². The van der Waals surface area contributed by atoms with Gasteiger partial charge in [0.2, 0.25) is 0 Å². The minimum atomic E-state index is -0.964. The Balaban J connectivity index is 1.98. The number of carbonyl (C=O) groups is 2. The van der Waals surface area contributed by atoms with Gasteiger partial charge >= 0.3 is 12.1 Å².